The lowest BCUT2D eigenvalue weighted by molar-refractivity contribution is -0.234. The Labute approximate surface area is 218 Å². The minimum absolute atomic E-state index is 0.101. The van der Waals surface area contributed by atoms with Crippen LogP contribution in [0.1, 0.15) is 44.1 Å². The lowest BCUT2D eigenvalue weighted by Gasteiger charge is -2.43. The van der Waals surface area contributed by atoms with Crippen LogP contribution in [-0.4, -0.2) is 77.7 Å². The van der Waals surface area contributed by atoms with Gasteiger partial charge in [0.25, 0.3) is 0 Å². The van der Waals surface area contributed by atoms with Crippen molar-refractivity contribution in [3.8, 4) is 0 Å². The van der Waals surface area contributed by atoms with E-state index in [4.69, 9.17) is 21.1 Å². The molecule has 2 N–H and O–H groups in total. The van der Waals surface area contributed by atoms with Gasteiger partial charge in [-0.1, -0.05) is 11.6 Å². The molecule has 4 atom stereocenters. The second-order valence-electron chi connectivity index (χ2n) is 10.6. The summed E-state index contributed by atoms with van der Waals surface area (Å²) in [6.45, 7) is 4.31. The Kier molecular flexibility index (Phi) is 7.41. The number of carbonyl (C=O) groups is 1. The number of amides is 1. The Bertz CT molecular complexity index is 1150. The SMILES string of the molecule is CC1(N2CCC(c3cc4cc(NC(=O)C5CCC(C(F)(F)F)OC5)ncc4cc3Cl)CC2)COCC1O. The zero-order chi connectivity index (χ0) is 26.4. The fourth-order valence-electron chi connectivity index (χ4n) is 5.67. The van der Waals surface area contributed by atoms with Crippen molar-refractivity contribution in [1.82, 2.24) is 9.88 Å². The molecule has 3 fully saturated rings. The number of rotatable bonds is 4. The molecule has 1 aromatic carbocycles. The zero-order valence-corrected chi connectivity index (χ0v) is 21.3. The number of nitrogens with one attached hydrogen (secondary N) is 1. The molecule has 7 nitrogen and oxygen atoms in total. The van der Waals surface area contributed by atoms with Crippen molar-refractivity contribution >= 4 is 34.1 Å². The molecule has 0 radical (unpaired) electrons. The standard InChI is InChI=1S/C26H31ClF3N3O4/c1-25(14-36-13-21(25)34)33-6-4-15(5-7-33)19-8-17-10-23(31-11-18(17)9-20(19)27)32-24(35)16-2-3-22(37-12-16)26(28,29)30/h8-11,15-16,21-22,34H,2-7,12-14H2,1H3,(H,31,32,35). The third kappa shape index (κ3) is 5.45. The number of alkyl halides is 3. The summed E-state index contributed by atoms with van der Waals surface area (Å²) in [5, 5.41) is 15.5. The summed E-state index contributed by atoms with van der Waals surface area (Å²) in [5.74, 6) is -0.474. The molecule has 0 saturated carbocycles. The number of benzene rings is 1. The number of fused-ring (bicyclic) bond motifs is 1. The molecule has 2 aromatic rings. The minimum atomic E-state index is -4.42. The highest BCUT2D eigenvalue weighted by Crippen LogP contribution is 2.39. The molecule has 1 aromatic heterocycles. The van der Waals surface area contributed by atoms with Gasteiger partial charge in [-0.05, 0) is 80.8 Å². The van der Waals surface area contributed by atoms with Crippen LogP contribution in [-0.2, 0) is 14.3 Å². The minimum Gasteiger partial charge on any atom is -0.389 e. The number of hydrogen-bond donors (Lipinski definition) is 2. The molecule has 5 rings (SSSR count). The fourth-order valence-corrected chi connectivity index (χ4v) is 5.99. The fraction of sp³-hybridized carbons (Fsp3) is 0.615. The number of nitrogens with zero attached hydrogens (tertiary/aromatic N) is 2. The van der Waals surface area contributed by atoms with Crippen molar-refractivity contribution in [3.05, 3.63) is 35.0 Å². The monoisotopic (exact) mass is 541 g/mol. The number of piperidine rings is 1. The summed E-state index contributed by atoms with van der Waals surface area (Å²) in [5.41, 5.74) is 0.665. The van der Waals surface area contributed by atoms with Gasteiger partial charge in [0.15, 0.2) is 6.10 Å². The second kappa shape index (κ2) is 10.3. The van der Waals surface area contributed by atoms with E-state index >= 15 is 0 Å². The molecule has 3 aliphatic heterocycles. The lowest BCUT2D eigenvalue weighted by atomic mass is 9.85. The smallest absolute Gasteiger partial charge is 0.389 e. The molecular weight excluding hydrogens is 511 g/mol. The van der Waals surface area contributed by atoms with Gasteiger partial charge in [-0.2, -0.15) is 13.2 Å². The van der Waals surface area contributed by atoms with Gasteiger partial charge in [-0.25, -0.2) is 4.98 Å². The molecule has 4 unspecified atom stereocenters. The average molecular weight is 542 g/mol. The van der Waals surface area contributed by atoms with Gasteiger partial charge in [0.1, 0.15) is 5.82 Å². The van der Waals surface area contributed by atoms with Gasteiger partial charge in [0.2, 0.25) is 5.91 Å². The van der Waals surface area contributed by atoms with Crippen molar-refractivity contribution in [2.45, 2.75) is 62.4 Å². The van der Waals surface area contributed by atoms with E-state index in [1.807, 2.05) is 19.1 Å². The molecule has 0 aliphatic carbocycles. The maximum Gasteiger partial charge on any atom is 0.414 e. The zero-order valence-electron chi connectivity index (χ0n) is 20.6. The molecular formula is C26H31ClF3N3O4. The number of aromatic nitrogens is 1. The van der Waals surface area contributed by atoms with E-state index in [2.05, 4.69) is 15.2 Å². The summed E-state index contributed by atoms with van der Waals surface area (Å²) < 4.78 is 48.8. The van der Waals surface area contributed by atoms with Gasteiger partial charge < -0.3 is 19.9 Å². The van der Waals surface area contributed by atoms with Gasteiger partial charge in [0.05, 0.1) is 37.4 Å². The van der Waals surface area contributed by atoms with Gasteiger partial charge in [0, 0.05) is 16.6 Å². The normalized spacial score (nSPS) is 30.1. The number of pyridine rings is 1. The third-order valence-corrected chi connectivity index (χ3v) is 8.47. The number of carbonyl (C=O) groups excluding carboxylic acids is 1. The first-order valence-corrected chi connectivity index (χ1v) is 13.0. The van der Waals surface area contributed by atoms with E-state index in [1.165, 1.54) is 0 Å². The summed E-state index contributed by atoms with van der Waals surface area (Å²) in [6, 6.07) is 5.67. The highest BCUT2D eigenvalue weighted by atomic mass is 35.5. The van der Waals surface area contributed by atoms with Gasteiger partial charge >= 0.3 is 6.18 Å². The Morgan fingerprint density at radius 1 is 1.16 bits per heavy atom. The van der Waals surface area contributed by atoms with E-state index < -0.39 is 30.2 Å². The van der Waals surface area contributed by atoms with Crippen molar-refractivity contribution in [3.63, 3.8) is 0 Å². The molecule has 0 spiro atoms. The molecule has 3 saturated heterocycles. The summed E-state index contributed by atoms with van der Waals surface area (Å²) in [4.78, 5) is 19.3. The first-order valence-electron chi connectivity index (χ1n) is 12.6. The Balaban J connectivity index is 1.25. The number of anilines is 1. The summed E-state index contributed by atoms with van der Waals surface area (Å²) >= 11 is 6.65. The molecule has 37 heavy (non-hydrogen) atoms. The van der Waals surface area contributed by atoms with Crippen LogP contribution in [0.5, 0.6) is 0 Å². The highest BCUT2D eigenvalue weighted by molar-refractivity contribution is 6.32. The highest BCUT2D eigenvalue weighted by Gasteiger charge is 2.45. The van der Waals surface area contributed by atoms with E-state index in [0.717, 1.165) is 42.3 Å². The van der Waals surface area contributed by atoms with Crippen LogP contribution in [0.4, 0.5) is 19.0 Å². The number of hydrogen-bond acceptors (Lipinski definition) is 6. The number of aliphatic hydroxyl groups excluding tert-OH is 1. The molecule has 1 amide bonds. The van der Waals surface area contributed by atoms with Crippen LogP contribution in [0.15, 0.2) is 24.4 Å². The van der Waals surface area contributed by atoms with E-state index in [0.29, 0.717) is 24.1 Å². The number of halogens is 4. The van der Waals surface area contributed by atoms with Crippen LogP contribution in [0.25, 0.3) is 10.8 Å². The Morgan fingerprint density at radius 2 is 1.92 bits per heavy atom. The third-order valence-electron chi connectivity index (χ3n) is 8.15. The van der Waals surface area contributed by atoms with Crippen LogP contribution in [0.2, 0.25) is 5.02 Å². The van der Waals surface area contributed by atoms with Crippen molar-refractivity contribution in [2.75, 3.05) is 38.2 Å². The van der Waals surface area contributed by atoms with Gasteiger partial charge in [-0.15, -0.1) is 0 Å². The molecule has 202 valence electrons. The maximum atomic E-state index is 12.8. The van der Waals surface area contributed by atoms with Crippen LogP contribution in [0.3, 0.4) is 0 Å². The largest absolute Gasteiger partial charge is 0.414 e. The number of likely N-dealkylation sites (tertiary alicyclic amines) is 1. The summed E-state index contributed by atoms with van der Waals surface area (Å²) in [7, 11) is 0. The van der Waals surface area contributed by atoms with E-state index in [9.17, 15) is 23.1 Å². The van der Waals surface area contributed by atoms with Crippen LogP contribution >= 0.6 is 11.6 Å². The van der Waals surface area contributed by atoms with Gasteiger partial charge in [-0.3, -0.25) is 9.69 Å². The molecule has 3 aliphatic rings. The van der Waals surface area contributed by atoms with E-state index in [1.54, 1.807) is 12.3 Å². The Morgan fingerprint density at radius 3 is 2.54 bits per heavy atom. The summed E-state index contributed by atoms with van der Waals surface area (Å²) in [6.07, 6.45) is -3.46. The van der Waals surface area contributed by atoms with Crippen molar-refractivity contribution < 1.29 is 32.5 Å². The first-order chi connectivity index (χ1) is 17.5. The van der Waals surface area contributed by atoms with Crippen LogP contribution in [0, 0.1) is 5.92 Å². The average Bonchev–Trinajstić information content (AvgIpc) is 3.22. The topological polar surface area (TPSA) is 83.9 Å². The predicted octanol–water partition coefficient (Wildman–Crippen LogP) is 4.51. The first kappa shape index (κ1) is 26.6. The maximum absolute atomic E-state index is 12.8. The second-order valence-corrected chi connectivity index (χ2v) is 11.0. The predicted molar refractivity (Wildman–Crippen MR) is 133 cm³/mol. The number of aliphatic hydroxyl groups is 1. The molecule has 11 heteroatoms. The number of ether oxygens (including phenoxy) is 2. The van der Waals surface area contributed by atoms with E-state index in [-0.39, 0.29) is 30.9 Å². The Hall–Kier alpha value is -1.98. The molecule has 0 bridgehead atoms. The molecule has 4 heterocycles. The van der Waals surface area contributed by atoms with Crippen molar-refractivity contribution in [2.24, 2.45) is 5.92 Å². The quantitative estimate of drug-likeness (QED) is 0.592. The lowest BCUT2D eigenvalue weighted by Crippen LogP contribution is -2.56. The van der Waals surface area contributed by atoms with Crippen molar-refractivity contribution in [1.29, 1.82) is 0 Å². The van der Waals surface area contributed by atoms with Crippen LogP contribution < -0.4 is 5.32 Å².